The Hall–Kier alpha value is -0.900. The summed E-state index contributed by atoms with van der Waals surface area (Å²) in [5, 5.41) is 0. The predicted octanol–water partition coefficient (Wildman–Crippen LogP) is 3.37. The molecule has 2 aliphatic heterocycles. The van der Waals surface area contributed by atoms with Gasteiger partial charge in [-0.1, -0.05) is 24.3 Å². The minimum atomic E-state index is 0.252. The molecule has 0 saturated carbocycles. The van der Waals surface area contributed by atoms with E-state index in [0.29, 0.717) is 6.04 Å². The van der Waals surface area contributed by atoms with Crippen molar-refractivity contribution in [2.75, 3.05) is 39.8 Å². The fraction of sp³-hybridized carbons (Fsp3) is 0.700. The van der Waals surface area contributed by atoms with Gasteiger partial charge in [-0.2, -0.15) is 0 Å². The smallest absolute Gasteiger partial charge is 0.0357 e. The number of hydrogen-bond acceptors (Lipinski definition) is 3. The van der Waals surface area contributed by atoms with E-state index in [0.717, 1.165) is 6.54 Å². The van der Waals surface area contributed by atoms with Gasteiger partial charge in [0.1, 0.15) is 0 Å². The molecule has 0 radical (unpaired) electrons. The van der Waals surface area contributed by atoms with E-state index in [1.54, 1.807) is 11.1 Å². The summed E-state index contributed by atoms with van der Waals surface area (Å²) in [6.07, 6.45) is 2.63. The Labute approximate surface area is 142 Å². The van der Waals surface area contributed by atoms with E-state index in [1.165, 1.54) is 45.6 Å². The van der Waals surface area contributed by atoms with Crippen LogP contribution in [0.4, 0.5) is 0 Å². The summed E-state index contributed by atoms with van der Waals surface area (Å²) in [4.78, 5) is 7.76. The first-order valence-electron chi connectivity index (χ1n) is 9.20. The number of nitrogens with zero attached hydrogens (tertiary/aromatic N) is 3. The third kappa shape index (κ3) is 3.96. The minimum absolute atomic E-state index is 0.252. The van der Waals surface area contributed by atoms with Gasteiger partial charge in [0.05, 0.1) is 0 Å². The van der Waals surface area contributed by atoms with Crippen LogP contribution in [0, 0.1) is 0 Å². The highest BCUT2D eigenvalue weighted by molar-refractivity contribution is 5.31. The van der Waals surface area contributed by atoms with Gasteiger partial charge in [-0.25, -0.2) is 0 Å². The fourth-order valence-electron chi connectivity index (χ4n) is 4.14. The summed E-state index contributed by atoms with van der Waals surface area (Å²) >= 11 is 0. The normalized spacial score (nSPS) is 25.1. The van der Waals surface area contributed by atoms with Crippen molar-refractivity contribution in [2.24, 2.45) is 0 Å². The van der Waals surface area contributed by atoms with Crippen LogP contribution in [0.1, 0.15) is 50.8 Å². The van der Waals surface area contributed by atoms with Gasteiger partial charge in [-0.15, -0.1) is 0 Å². The molecular formula is C20H33N3. The lowest BCUT2D eigenvalue weighted by atomic mass is 9.95. The topological polar surface area (TPSA) is 9.72 Å². The maximum atomic E-state index is 2.70. The van der Waals surface area contributed by atoms with Gasteiger partial charge in [0.15, 0.2) is 0 Å². The number of hydrogen-bond donors (Lipinski definition) is 0. The minimum Gasteiger partial charge on any atom is -0.304 e. The zero-order valence-electron chi connectivity index (χ0n) is 15.4. The molecule has 3 heteroatoms. The first-order valence-corrected chi connectivity index (χ1v) is 9.20. The molecule has 1 aromatic carbocycles. The molecule has 2 fully saturated rings. The average Bonchev–Trinajstić information content (AvgIpc) is 3.00. The molecule has 3 rings (SSSR count). The molecule has 0 unspecified atom stereocenters. The molecule has 0 spiro atoms. The third-order valence-corrected chi connectivity index (χ3v) is 5.52. The molecule has 1 aromatic rings. The van der Waals surface area contributed by atoms with E-state index in [2.05, 4.69) is 66.8 Å². The van der Waals surface area contributed by atoms with Crippen molar-refractivity contribution in [2.45, 2.75) is 51.7 Å². The quantitative estimate of drug-likeness (QED) is 0.847. The Morgan fingerprint density at radius 3 is 2.39 bits per heavy atom. The van der Waals surface area contributed by atoms with Crippen molar-refractivity contribution in [1.29, 1.82) is 0 Å². The van der Waals surface area contributed by atoms with Crippen molar-refractivity contribution < 1.29 is 0 Å². The van der Waals surface area contributed by atoms with Crippen LogP contribution in [0.25, 0.3) is 0 Å². The molecular weight excluding hydrogens is 282 g/mol. The summed E-state index contributed by atoms with van der Waals surface area (Å²) in [5.74, 6) is 0. The second kappa shape index (κ2) is 6.92. The van der Waals surface area contributed by atoms with Crippen LogP contribution in [-0.2, 0) is 6.54 Å². The van der Waals surface area contributed by atoms with Crippen LogP contribution < -0.4 is 0 Å². The van der Waals surface area contributed by atoms with Crippen molar-refractivity contribution in [3.63, 3.8) is 0 Å². The van der Waals surface area contributed by atoms with Crippen molar-refractivity contribution in [1.82, 2.24) is 14.7 Å². The van der Waals surface area contributed by atoms with Gasteiger partial charge in [0.2, 0.25) is 0 Å². The molecule has 0 N–H and O–H groups in total. The Bertz CT molecular complexity index is 512. The first kappa shape index (κ1) is 16.9. The van der Waals surface area contributed by atoms with E-state index < -0.39 is 0 Å². The number of benzene rings is 1. The largest absolute Gasteiger partial charge is 0.304 e. The summed E-state index contributed by atoms with van der Waals surface area (Å²) in [5.41, 5.74) is 3.36. The van der Waals surface area contributed by atoms with Gasteiger partial charge >= 0.3 is 0 Å². The number of likely N-dealkylation sites (N-methyl/N-ethyl adjacent to an activating group) is 1. The Balaban J connectivity index is 1.78. The highest BCUT2D eigenvalue weighted by atomic mass is 15.2. The zero-order chi connectivity index (χ0) is 16.4. The molecule has 0 bridgehead atoms. The van der Waals surface area contributed by atoms with Crippen LogP contribution in [0.3, 0.4) is 0 Å². The van der Waals surface area contributed by atoms with Crippen LogP contribution in [0.15, 0.2) is 24.3 Å². The van der Waals surface area contributed by atoms with Crippen molar-refractivity contribution >= 4 is 0 Å². The van der Waals surface area contributed by atoms with Gasteiger partial charge in [0, 0.05) is 44.3 Å². The second-order valence-electron chi connectivity index (χ2n) is 8.30. The molecule has 2 heterocycles. The van der Waals surface area contributed by atoms with Crippen molar-refractivity contribution in [3.8, 4) is 0 Å². The first-order chi connectivity index (χ1) is 10.9. The molecule has 0 amide bonds. The number of piperazine rings is 1. The molecule has 0 aromatic heterocycles. The lowest BCUT2D eigenvalue weighted by molar-refractivity contribution is 0.119. The Morgan fingerprint density at radius 1 is 1.00 bits per heavy atom. The second-order valence-corrected chi connectivity index (χ2v) is 8.30. The van der Waals surface area contributed by atoms with E-state index in [4.69, 9.17) is 0 Å². The summed E-state index contributed by atoms with van der Waals surface area (Å²) < 4.78 is 0. The summed E-state index contributed by atoms with van der Waals surface area (Å²) in [7, 11) is 2.23. The SMILES string of the molecule is CN1CCN(Cc2ccccc2[C@H]2CCCN2C(C)(C)C)CC1. The highest BCUT2D eigenvalue weighted by Gasteiger charge is 2.34. The molecule has 2 aliphatic rings. The maximum Gasteiger partial charge on any atom is 0.0357 e. The van der Waals surface area contributed by atoms with E-state index in [1.807, 2.05) is 0 Å². The average molecular weight is 316 g/mol. The lowest BCUT2D eigenvalue weighted by Gasteiger charge is -2.38. The summed E-state index contributed by atoms with van der Waals surface area (Å²) in [6, 6.07) is 9.76. The van der Waals surface area contributed by atoms with Crippen LogP contribution in [0.2, 0.25) is 0 Å². The van der Waals surface area contributed by atoms with Crippen LogP contribution in [0.5, 0.6) is 0 Å². The van der Waals surface area contributed by atoms with Crippen LogP contribution >= 0.6 is 0 Å². The molecule has 128 valence electrons. The third-order valence-electron chi connectivity index (χ3n) is 5.52. The van der Waals surface area contributed by atoms with Gasteiger partial charge in [0.25, 0.3) is 0 Å². The molecule has 1 atom stereocenters. The van der Waals surface area contributed by atoms with Crippen LogP contribution in [-0.4, -0.2) is 60.0 Å². The number of rotatable bonds is 3. The van der Waals surface area contributed by atoms with Gasteiger partial charge in [-0.05, 0) is 58.3 Å². The lowest BCUT2D eigenvalue weighted by Crippen LogP contribution is -2.44. The highest BCUT2D eigenvalue weighted by Crippen LogP contribution is 2.38. The maximum absolute atomic E-state index is 2.70. The van der Waals surface area contributed by atoms with E-state index in [-0.39, 0.29) is 5.54 Å². The molecule has 3 nitrogen and oxygen atoms in total. The molecule has 23 heavy (non-hydrogen) atoms. The standard InChI is InChI=1S/C20H33N3/c1-20(2,3)23-11-7-10-19(23)18-9-6-5-8-17(18)16-22-14-12-21(4)13-15-22/h5-6,8-9,19H,7,10-16H2,1-4H3/t19-/m1/s1. The molecule has 0 aliphatic carbocycles. The van der Waals surface area contributed by atoms with Gasteiger partial charge in [-0.3, -0.25) is 9.80 Å². The predicted molar refractivity (Wildman–Crippen MR) is 97.7 cm³/mol. The van der Waals surface area contributed by atoms with Gasteiger partial charge < -0.3 is 4.90 Å². The summed E-state index contributed by atoms with van der Waals surface area (Å²) in [6.45, 7) is 14.2. The fourth-order valence-corrected chi connectivity index (χ4v) is 4.14. The zero-order valence-corrected chi connectivity index (χ0v) is 15.4. The van der Waals surface area contributed by atoms with E-state index in [9.17, 15) is 0 Å². The Kier molecular flexibility index (Phi) is 5.10. The number of likely N-dealkylation sites (tertiary alicyclic amines) is 1. The van der Waals surface area contributed by atoms with Crippen molar-refractivity contribution in [3.05, 3.63) is 35.4 Å². The monoisotopic (exact) mass is 315 g/mol. The van der Waals surface area contributed by atoms with E-state index >= 15 is 0 Å². The Morgan fingerprint density at radius 2 is 1.70 bits per heavy atom. The molecule has 2 saturated heterocycles.